The van der Waals surface area contributed by atoms with Gasteiger partial charge in [0.1, 0.15) is 6.61 Å². The van der Waals surface area contributed by atoms with Crippen molar-refractivity contribution in [2.24, 2.45) is 0 Å². The van der Waals surface area contributed by atoms with Gasteiger partial charge >= 0.3 is 0 Å². The first-order valence-electron chi connectivity index (χ1n) is 7.28. The van der Waals surface area contributed by atoms with E-state index in [4.69, 9.17) is 32.7 Å². The van der Waals surface area contributed by atoms with Crippen LogP contribution in [0.15, 0.2) is 30.5 Å². The molecule has 2 aromatic carbocycles. The van der Waals surface area contributed by atoms with Gasteiger partial charge in [-0.2, -0.15) is 0 Å². The third-order valence-electron chi connectivity index (χ3n) is 3.80. The van der Waals surface area contributed by atoms with Gasteiger partial charge in [-0.25, -0.2) is 0 Å². The van der Waals surface area contributed by atoms with Crippen molar-refractivity contribution in [3.63, 3.8) is 0 Å². The minimum Gasteiger partial charge on any atom is -0.493 e. The molecule has 3 rings (SSSR count). The molecule has 7 heteroatoms. The van der Waals surface area contributed by atoms with Gasteiger partial charge in [0, 0.05) is 28.7 Å². The van der Waals surface area contributed by atoms with E-state index in [1.165, 1.54) is 13.2 Å². The number of halogens is 2. The number of methoxy groups -OCH3 is 1. The van der Waals surface area contributed by atoms with Crippen molar-refractivity contribution < 1.29 is 19.1 Å². The van der Waals surface area contributed by atoms with E-state index in [0.29, 0.717) is 17.6 Å². The zero-order valence-corrected chi connectivity index (χ0v) is 14.6. The molecular weight excluding hydrogens is 365 g/mol. The van der Waals surface area contributed by atoms with Crippen LogP contribution in [0.1, 0.15) is 26.3 Å². The highest BCUT2D eigenvalue weighted by Gasteiger charge is 2.18. The van der Waals surface area contributed by atoms with E-state index in [2.05, 4.69) is 4.98 Å². The number of carbonyl (C=O) groups excluding carboxylic acids is 2. The van der Waals surface area contributed by atoms with Crippen molar-refractivity contribution in [3.8, 4) is 11.5 Å². The lowest BCUT2D eigenvalue weighted by Crippen LogP contribution is -2.00. The number of fused-ring (bicyclic) bond motifs is 1. The predicted molar refractivity (Wildman–Crippen MR) is 96.4 cm³/mol. The van der Waals surface area contributed by atoms with Crippen LogP contribution < -0.4 is 9.47 Å². The van der Waals surface area contributed by atoms with Crippen LogP contribution in [0.4, 0.5) is 0 Å². The van der Waals surface area contributed by atoms with Crippen LogP contribution in [-0.2, 0) is 6.61 Å². The highest BCUT2D eigenvalue weighted by molar-refractivity contribution is 6.39. The minimum absolute atomic E-state index is 0.101. The monoisotopic (exact) mass is 377 g/mol. The summed E-state index contributed by atoms with van der Waals surface area (Å²) in [7, 11) is 1.46. The zero-order chi connectivity index (χ0) is 18.0. The van der Waals surface area contributed by atoms with Gasteiger partial charge in [-0.3, -0.25) is 9.59 Å². The van der Waals surface area contributed by atoms with Crippen molar-refractivity contribution in [2.75, 3.05) is 7.11 Å². The molecule has 1 heterocycles. The smallest absolute Gasteiger partial charge is 0.181 e. The molecule has 0 aliphatic carbocycles. The molecule has 0 aliphatic rings. The number of aldehydes is 2. The molecule has 128 valence electrons. The Bertz CT molecular complexity index is 965. The van der Waals surface area contributed by atoms with Gasteiger partial charge < -0.3 is 14.5 Å². The SMILES string of the molecule is COc1cc(Cl)c(C=O)c(Cl)c1OCc1ccc2c(C=O)c[nH]c2c1. The van der Waals surface area contributed by atoms with E-state index >= 15 is 0 Å². The van der Waals surface area contributed by atoms with E-state index in [1.54, 1.807) is 6.20 Å². The summed E-state index contributed by atoms with van der Waals surface area (Å²) < 4.78 is 11.0. The topological polar surface area (TPSA) is 68.4 Å². The Kier molecular flexibility index (Phi) is 4.97. The molecule has 25 heavy (non-hydrogen) atoms. The molecule has 0 saturated heterocycles. The highest BCUT2D eigenvalue weighted by Crippen LogP contribution is 2.41. The second-order valence-electron chi connectivity index (χ2n) is 5.27. The van der Waals surface area contributed by atoms with Crippen LogP contribution in [0.5, 0.6) is 11.5 Å². The van der Waals surface area contributed by atoms with Gasteiger partial charge in [0.15, 0.2) is 24.1 Å². The fourth-order valence-electron chi connectivity index (χ4n) is 2.53. The minimum atomic E-state index is 0.101. The first-order chi connectivity index (χ1) is 12.1. The van der Waals surface area contributed by atoms with E-state index in [0.717, 1.165) is 22.8 Å². The number of rotatable bonds is 6. The molecule has 5 nitrogen and oxygen atoms in total. The number of hydrogen-bond donors (Lipinski definition) is 1. The van der Waals surface area contributed by atoms with Gasteiger partial charge in [0.05, 0.1) is 22.7 Å². The third-order valence-corrected chi connectivity index (χ3v) is 4.49. The first kappa shape index (κ1) is 17.3. The van der Waals surface area contributed by atoms with Gasteiger partial charge in [0.25, 0.3) is 0 Å². The molecule has 0 saturated carbocycles. The van der Waals surface area contributed by atoms with Gasteiger partial charge in [-0.1, -0.05) is 35.3 Å². The van der Waals surface area contributed by atoms with Crippen LogP contribution in [-0.4, -0.2) is 24.7 Å². The second kappa shape index (κ2) is 7.17. The van der Waals surface area contributed by atoms with Crippen molar-refractivity contribution >= 4 is 46.7 Å². The van der Waals surface area contributed by atoms with E-state index in [9.17, 15) is 9.59 Å². The van der Waals surface area contributed by atoms with Crippen LogP contribution in [0.2, 0.25) is 10.0 Å². The lowest BCUT2D eigenvalue weighted by atomic mass is 10.1. The summed E-state index contributed by atoms with van der Waals surface area (Å²) in [5.41, 5.74) is 2.42. The van der Waals surface area contributed by atoms with E-state index in [1.807, 2.05) is 18.2 Å². The molecule has 0 unspecified atom stereocenters. The molecule has 0 atom stereocenters. The fraction of sp³-hybridized carbons (Fsp3) is 0.111. The van der Waals surface area contributed by atoms with Crippen LogP contribution in [0.3, 0.4) is 0 Å². The Morgan fingerprint density at radius 2 is 1.96 bits per heavy atom. The van der Waals surface area contributed by atoms with Crippen molar-refractivity contribution in [2.45, 2.75) is 6.61 Å². The Morgan fingerprint density at radius 3 is 2.64 bits per heavy atom. The van der Waals surface area contributed by atoms with Crippen molar-refractivity contribution in [3.05, 3.63) is 57.2 Å². The molecule has 0 spiro atoms. The number of ether oxygens (including phenoxy) is 2. The summed E-state index contributed by atoms with van der Waals surface area (Å²) in [6.45, 7) is 0.196. The molecule has 0 amide bonds. The number of hydrogen-bond acceptors (Lipinski definition) is 4. The van der Waals surface area contributed by atoms with E-state index in [-0.39, 0.29) is 28.0 Å². The predicted octanol–water partition coefficient (Wildman–Crippen LogP) is 4.69. The maximum atomic E-state index is 11.2. The number of benzene rings is 2. The fourth-order valence-corrected chi connectivity index (χ4v) is 3.11. The lowest BCUT2D eigenvalue weighted by Gasteiger charge is -2.14. The Morgan fingerprint density at radius 1 is 1.16 bits per heavy atom. The van der Waals surface area contributed by atoms with Gasteiger partial charge in [-0.05, 0) is 11.6 Å². The standard InChI is InChI=1S/C18H13Cl2NO4/c1-24-16-5-14(19)13(8-23)17(20)18(16)25-9-10-2-3-12-11(7-22)6-21-15(12)4-10/h2-8,21H,9H2,1H3. The summed E-state index contributed by atoms with van der Waals surface area (Å²) in [4.78, 5) is 25.2. The van der Waals surface area contributed by atoms with Crippen molar-refractivity contribution in [1.29, 1.82) is 0 Å². The van der Waals surface area contributed by atoms with Crippen molar-refractivity contribution in [1.82, 2.24) is 4.98 Å². The Hall–Kier alpha value is -2.50. The molecule has 1 aromatic heterocycles. The molecule has 3 aromatic rings. The van der Waals surface area contributed by atoms with Crippen LogP contribution >= 0.6 is 23.2 Å². The molecule has 0 bridgehead atoms. The number of aromatic amines is 1. The maximum Gasteiger partial charge on any atom is 0.181 e. The summed E-state index contributed by atoms with van der Waals surface area (Å²) in [5, 5.41) is 1.13. The number of aromatic nitrogens is 1. The third kappa shape index (κ3) is 3.21. The molecule has 1 N–H and O–H groups in total. The first-order valence-corrected chi connectivity index (χ1v) is 8.03. The number of carbonyl (C=O) groups is 2. The zero-order valence-electron chi connectivity index (χ0n) is 13.1. The molecule has 0 fully saturated rings. The van der Waals surface area contributed by atoms with Gasteiger partial charge in [-0.15, -0.1) is 0 Å². The molecular formula is C18H13Cl2NO4. The normalized spacial score (nSPS) is 10.7. The van der Waals surface area contributed by atoms with Crippen LogP contribution in [0, 0.1) is 0 Å². The quantitative estimate of drug-likeness (QED) is 0.632. The molecule has 0 aliphatic heterocycles. The number of nitrogens with one attached hydrogen (secondary N) is 1. The lowest BCUT2D eigenvalue weighted by molar-refractivity contribution is 0.111. The Balaban J connectivity index is 1.91. The second-order valence-corrected chi connectivity index (χ2v) is 6.05. The average molecular weight is 378 g/mol. The Labute approximate surface area is 153 Å². The highest BCUT2D eigenvalue weighted by atomic mass is 35.5. The summed E-state index contributed by atoms with van der Waals surface area (Å²) in [5.74, 6) is 0.584. The summed E-state index contributed by atoms with van der Waals surface area (Å²) in [6, 6.07) is 7.04. The number of H-pyrrole nitrogens is 1. The summed E-state index contributed by atoms with van der Waals surface area (Å²) in [6.07, 6.45) is 3.02. The van der Waals surface area contributed by atoms with E-state index < -0.39 is 0 Å². The van der Waals surface area contributed by atoms with Gasteiger partial charge in [0.2, 0.25) is 0 Å². The summed E-state index contributed by atoms with van der Waals surface area (Å²) >= 11 is 12.2. The maximum absolute atomic E-state index is 11.2. The van der Waals surface area contributed by atoms with Crippen LogP contribution in [0.25, 0.3) is 10.9 Å². The average Bonchev–Trinajstić information content (AvgIpc) is 3.03. The largest absolute Gasteiger partial charge is 0.493 e. The molecule has 0 radical (unpaired) electrons.